The molecule has 37 heavy (non-hydrogen) atoms. The summed E-state index contributed by atoms with van der Waals surface area (Å²) in [6, 6.07) is 0. The van der Waals surface area contributed by atoms with Crippen LogP contribution >= 0.6 is 0 Å². The number of Topliss-reactive ketones (excluding diaryl/α,β-unsaturated/α-hetero) is 1. The van der Waals surface area contributed by atoms with Crippen LogP contribution in [0.25, 0.3) is 0 Å². The standard InChI is InChI=1S/C26H34O11/c1-10(2)6-15(28)37-18-20-25-9-35-26(20,23(33)34-5)21(31)17(30)19(25)24(4)8-13(27)16(29)11(3)12(24)7-14(25)36-22(18)32/h10,12,14,17-21,29-31H,6-9H2,1-5H3/t12?,14?,17-,18-,19?,20?,21+,24+,25-,26+/m1/s1. The lowest BCUT2D eigenvalue weighted by Crippen LogP contribution is -2.79. The summed E-state index contributed by atoms with van der Waals surface area (Å²) in [5.74, 6) is -6.09. The topological polar surface area (TPSA) is 166 Å². The Morgan fingerprint density at radius 1 is 1.19 bits per heavy atom. The van der Waals surface area contributed by atoms with Crippen LogP contribution in [0.3, 0.4) is 0 Å². The van der Waals surface area contributed by atoms with E-state index in [9.17, 15) is 34.5 Å². The van der Waals surface area contributed by atoms with Crippen molar-refractivity contribution in [3.8, 4) is 0 Å². The molecule has 3 N–H and O–H groups in total. The van der Waals surface area contributed by atoms with Crippen molar-refractivity contribution in [2.45, 2.75) is 77.0 Å². The number of rotatable bonds is 4. The van der Waals surface area contributed by atoms with Gasteiger partial charge >= 0.3 is 17.9 Å². The summed E-state index contributed by atoms with van der Waals surface area (Å²) in [6.45, 7) is 6.84. The number of hydrogen-bond acceptors (Lipinski definition) is 11. The van der Waals surface area contributed by atoms with Crippen LogP contribution in [0.5, 0.6) is 0 Å². The van der Waals surface area contributed by atoms with E-state index in [1.54, 1.807) is 13.8 Å². The molecule has 2 bridgehead atoms. The van der Waals surface area contributed by atoms with Gasteiger partial charge in [0.1, 0.15) is 12.2 Å². The molecule has 4 unspecified atom stereocenters. The SMILES string of the molecule is COC(=O)[C@@]12OC[C@@]34C(CC5C(C)=C(O)C(=O)C[C@]5(C)C3[C@@H](O)[C@@H]1O)OC(=O)[C@H](OC(=O)CC(C)C)C42. The van der Waals surface area contributed by atoms with E-state index >= 15 is 0 Å². The second-order valence-corrected chi connectivity index (χ2v) is 11.9. The second kappa shape index (κ2) is 8.25. The molecule has 2 aliphatic heterocycles. The van der Waals surface area contributed by atoms with Crippen molar-refractivity contribution in [2.75, 3.05) is 13.7 Å². The van der Waals surface area contributed by atoms with Gasteiger partial charge in [-0.25, -0.2) is 9.59 Å². The van der Waals surface area contributed by atoms with Gasteiger partial charge in [0.15, 0.2) is 11.5 Å². The summed E-state index contributed by atoms with van der Waals surface area (Å²) in [7, 11) is 1.10. The largest absolute Gasteiger partial charge is 0.504 e. The van der Waals surface area contributed by atoms with Gasteiger partial charge in [-0.15, -0.1) is 0 Å². The monoisotopic (exact) mass is 522 g/mol. The molecule has 0 radical (unpaired) electrons. The van der Waals surface area contributed by atoms with Gasteiger partial charge in [0.05, 0.1) is 25.7 Å². The van der Waals surface area contributed by atoms with Crippen LogP contribution in [-0.4, -0.2) is 82.7 Å². The van der Waals surface area contributed by atoms with E-state index in [4.69, 9.17) is 18.9 Å². The van der Waals surface area contributed by atoms with Crippen molar-refractivity contribution in [3.05, 3.63) is 11.3 Å². The third-order valence-corrected chi connectivity index (χ3v) is 9.67. The van der Waals surface area contributed by atoms with Crippen LogP contribution in [0.15, 0.2) is 11.3 Å². The highest BCUT2D eigenvalue weighted by atomic mass is 16.6. The lowest BCUT2D eigenvalue weighted by molar-refractivity contribution is -0.290. The molecule has 5 aliphatic rings. The highest BCUT2D eigenvalue weighted by Crippen LogP contribution is 2.72. The van der Waals surface area contributed by atoms with E-state index in [-0.39, 0.29) is 37.5 Å². The molecule has 204 valence electrons. The molecular formula is C26H34O11. The van der Waals surface area contributed by atoms with Gasteiger partial charge < -0.3 is 34.3 Å². The number of aliphatic hydroxyl groups is 3. The van der Waals surface area contributed by atoms with Gasteiger partial charge in [-0.3, -0.25) is 9.59 Å². The summed E-state index contributed by atoms with van der Waals surface area (Å²) >= 11 is 0. The lowest BCUT2D eigenvalue weighted by atomic mass is 9.38. The Hall–Kier alpha value is -2.50. The number of allylic oxidation sites excluding steroid dienone is 2. The van der Waals surface area contributed by atoms with E-state index in [0.29, 0.717) is 5.57 Å². The summed E-state index contributed by atoms with van der Waals surface area (Å²) in [5.41, 5.74) is -4.05. The van der Waals surface area contributed by atoms with Crippen LogP contribution in [-0.2, 0) is 38.1 Å². The summed E-state index contributed by atoms with van der Waals surface area (Å²) in [5, 5.41) is 33.6. The van der Waals surface area contributed by atoms with Gasteiger partial charge in [-0.05, 0) is 36.2 Å². The Labute approximate surface area is 214 Å². The molecule has 11 nitrogen and oxygen atoms in total. The molecule has 5 rings (SSSR count). The Morgan fingerprint density at radius 2 is 1.86 bits per heavy atom. The molecule has 2 saturated heterocycles. The first kappa shape index (κ1) is 26.1. The Kier molecular flexibility index (Phi) is 5.82. The number of ketones is 1. The molecule has 0 aromatic carbocycles. The van der Waals surface area contributed by atoms with E-state index in [1.807, 2.05) is 13.8 Å². The smallest absolute Gasteiger partial charge is 0.348 e. The van der Waals surface area contributed by atoms with Crippen molar-refractivity contribution in [3.63, 3.8) is 0 Å². The highest BCUT2D eigenvalue weighted by Gasteiger charge is 2.85. The average Bonchev–Trinajstić information content (AvgIpc) is 3.12. The molecule has 0 aromatic rings. The molecular weight excluding hydrogens is 488 g/mol. The van der Waals surface area contributed by atoms with E-state index in [1.165, 1.54) is 0 Å². The van der Waals surface area contributed by atoms with Gasteiger partial charge in [0, 0.05) is 24.2 Å². The van der Waals surface area contributed by atoms with Gasteiger partial charge in [-0.1, -0.05) is 20.8 Å². The molecule has 2 saturated carbocycles. The molecule has 0 amide bonds. The maximum Gasteiger partial charge on any atom is 0.348 e. The van der Waals surface area contributed by atoms with Crippen LogP contribution in [0.1, 0.15) is 47.0 Å². The first-order valence-electron chi connectivity index (χ1n) is 12.7. The fraction of sp³-hybridized carbons (Fsp3) is 0.769. The zero-order valence-electron chi connectivity index (χ0n) is 21.6. The minimum absolute atomic E-state index is 0.00513. The van der Waals surface area contributed by atoms with E-state index in [2.05, 4.69) is 0 Å². The number of hydrogen-bond donors (Lipinski definition) is 3. The first-order chi connectivity index (χ1) is 17.3. The Morgan fingerprint density at radius 3 is 2.49 bits per heavy atom. The highest BCUT2D eigenvalue weighted by molar-refractivity contribution is 5.95. The predicted molar refractivity (Wildman–Crippen MR) is 123 cm³/mol. The number of esters is 3. The number of ether oxygens (including phenoxy) is 4. The Balaban J connectivity index is 1.72. The fourth-order valence-corrected chi connectivity index (χ4v) is 8.38. The fourth-order valence-electron chi connectivity index (χ4n) is 8.38. The van der Waals surface area contributed by atoms with Crippen LogP contribution in [0.2, 0.25) is 0 Å². The quantitative estimate of drug-likeness (QED) is 0.349. The van der Waals surface area contributed by atoms with Crippen molar-refractivity contribution in [1.29, 1.82) is 0 Å². The summed E-state index contributed by atoms with van der Waals surface area (Å²) in [4.78, 5) is 52.3. The number of aliphatic hydroxyl groups excluding tert-OH is 3. The molecule has 3 aliphatic carbocycles. The normalized spacial score (nSPS) is 46.2. The van der Waals surface area contributed by atoms with Gasteiger partial charge in [-0.2, -0.15) is 0 Å². The molecule has 1 spiro atoms. The second-order valence-electron chi connectivity index (χ2n) is 11.9. The third kappa shape index (κ3) is 3.10. The number of carbonyl (C=O) groups is 4. The van der Waals surface area contributed by atoms with Crippen LogP contribution in [0.4, 0.5) is 0 Å². The molecule has 0 aromatic heterocycles. The predicted octanol–water partition coefficient (Wildman–Crippen LogP) is 0.597. The Bertz CT molecular complexity index is 1100. The molecule has 4 fully saturated rings. The van der Waals surface area contributed by atoms with Crippen molar-refractivity contribution >= 4 is 23.7 Å². The van der Waals surface area contributed by atoms with Crippen molar-refractivity contribution in [1.82, 2.24) is 0 Å². The van der Waals surface area contributed by atoms with Crippen molar-refractivity contribution in [2.24, 2.45) is 34.5 Å². The van der Waals surface area contributed by atoms with Gasteiger partial charge in [0.2, 0.25) is 11.7 Å². The third-order valence-electron chi connectivity index (χ3n) is 9.67. The lowest BCUT2D eigenvalue weighted by Gasteiger charge is -2.67. The van der Waals surface area contributed by atoms with Crippen molar-refractivity contribution < 1.29 is 53.4 Å². The number of fused-ring (bicyclic) bond motifs is 2. The molecule has 11 heteroatoms. The maximum atomic E-state index is 13.4. The minimum Gasteiger partial charge on any atom is -0.504 e. The van der Waals surface area contributed by atoms with E-state index in [0.717, 1.165) is 7.11 Å². The molecule has 10 atom stereocenters. The zero-order chi connectivity index (χ0) is 27.2. The molecule has 2 heterocycles. The van der Waals surface area contributed by atoms with Crippen LogP contribution in [0, 0.1) is 34.5 Å². The number of carbonyl (C=O) groups excluding carboxylic acids is 4. The first-order valence-corrected chi connectivity index (χ1v) is 12.7. The summed E-state index contributed by atoms with van der Waals surface area (Å²) < 4.78 is 22.6. The maximum absolute atomic E-state index is 13.4. The summed E-state index contributed by atoms with van der Waals surface area (Å²) in [6.07, 6.45) is -5.87. The number of methoxy groups -OCH3 is 1. The van der Waals surface area contributed by atoms with E-state index < -0.39 is 82.3 Å². The zero-order valence-corrected chi connectivity index (χ0v) is 21.6. The van der Waals surface area contributed by atoms with Gasteiger partial charge in [0.25, 0.3) is 0 Å². The van der Waals surface area contributed by atoms with Crippen LogP contribution < -0.4 is 0 Å². The minimum atomic E-state index is -2.19. The average molecular weight is 523 g/mol.